The van der Waals surface area contributed by atoms with Gasteiger partial charge in [0, 0.05) is 24.4 Å². The van der Waals surface area contributed by atoms with E-state index < -0.39 is 22.8 Å². The van der Waals surface area contributed by atoms with Gasteiger partial charge in [-0.25, -0.2) is 0 Å². The molecule has 4 rings (SSSR count). The van der Waals surface area contributed by atoms with Gasteiger partial charge in [0.25, 0.3) is 5.69 Å². The zero-order valence-corrected chi connectivity index (χ0v) is 14.6. The molecule has 2 saturated heterocycles. The molecule has 2 aliphatic rings. The standard InChI is InChI=1S/C19H16F3N3O3/c20-19(21,22)13-5-3-12(4-6-13)17-23-11-1-2-16(23)18(26)24(17)14-7-9-15(10-8-14)25(27)28/h3-10,16-17H,1-2,11H2/t16-,17-/m0/s1. The molecule has 2 aromatic rings. The quantitative estimate of drug-likeness (QED) is 0.583. The summed E-state index contributed by atoms with van der Waals surface area (Å²) in [5, 5.41) is 10.9. The zero-order valence-electron chi connectivity index (χ0n) is 14.6. The van der Waals surface area contributed by atoms with Crippen molar-refractivity contribution in [3.8, 4) is 0 Å². The fourth-order valence-corrected chi connectivity index (χ4v) is 3.96. The van der Waals surface area contributed by atoms with Crippen LogP contribution in [0.2, 0.25) is 0 Å². The SMILES string of the molecule is O=C1[C@@H]2CCCN2[C@H](c2ccc(C(F)(F)F)cc2)N1c1ccc([N+](=O)[O-])cc1. The first-order chi connectivity index (χ1) is 13.3. The molecule has 2 atom stereocenters. The van der Waals surface area contributed by atoms with Gasteiger partial charge >= 0.3 is 6.18 Å². The Morgan fingerprint density at radius 1 is 1.04 bits per heavy atom. The van der Waals surface area contributed by atoms with E-state index in [1.165, 1.54) is 41.3 Å². The van der Waals surface area contributed by atoms with E-state index in [1.54, 1.807) is 0 Å². The van der Waals surface area contributed by atoms with E-state index in [-0.39, 0.29) is 17.6 Å². The molecule has 2 fully saturated rings. The second-order valence-corrected chi connectivity index (χ2v) is 6.87. The summed E-state index contributed by atoms with van der Waals surface area (Å²) in [6, 6.07) is 10.1. The lowest BCUT2D eigenvalue weighted by atomic mass is 10.1. The normalized spacial score (nSPS) is 22.5. The van der Waals surface area contributed by atoms with E-state index in [2.05, 4.69) is 0 Å². The molecule has 0 radical (unpaired) electrons. The number of fused-ring (bicyclic) bond motifs is 1. The first-order valence-electron chi connectivity index (χ1n) is 8.78. The van der Waals surface area contributed by atoms with E-state index >= 15 is 0 Å². The highest BCUT2D eigenvalue weighted by Gasteiger charge is 2.49. The van der Waals surface area contributed by atoms with Gasteiger partial charge in [0.2, 0.25) is 5.91 Å². The first kappa shape index (κ1) is 18.4. The molecule has 146 valence electrons. The summed E-state index contributed by atoms with van der Waals surface area (Å²) in [4.78, 5) is 26.8. The van der Waals surface area contributed by atoms with E-state index in [1.807, 2.05) is 4.90 Å². The molecule has 0 N–H and O–H groups in total. The maximum absolute atomic E-state index is 13.0. The molecule has 2 heterocycles. The number of halogens is 3. The number of carbonyl (C=O) groups excluding carboxylic acids is 1. The number of hydrogen-bond acceptors (Lipinski definition) is 4. The number of alkyl halides is 3. The summed E-state index contributed by atoms with van der Waals surface area (Å²) in [7, 11) is 0. The molecule has 2 aliphatic heterocycles. The fraction of sp³-hybridized carbons (Fsp3) is 0.316. The Labute approximate surface area is 158 Å². The minimum Gasteiger partial charge on any atom is -0.291 e. The summed E-state index contributed by atoms with van der Waals surface area (Å²) in [6.07, 6.45) is -3.46. The molecular weight excluding hydrogens is 375 g/mol. The number of anilines is 1. The van der Waals surface area contributed by atoms with Gasteiger partial charge in [-0.05, 0) is 42.7 Å². The van der Waals surface area contributed by atoms with Crippen LogP contribution in [0.4, 0.5) is 24.5 Å². The number of benzene rings is 2. The van der Waals surface area contributed by atoms with Crippen molar-refractivity contribution < 1.29 is 22.9 Å². The van der Waals surface area contributed by atoms with Crippen molar-refractivity contribution >= 4 is 17.3 Å². The maximum Gasteiger partial charge on any atom is 0.416 e. The molecule has 0 aliphatic carbocycles. The average molecular weight is 391 g/mol. The van der Waals surface area contributed by atoms with Crippen molar-refractivity contribution in [3.63, 3.8) is 0 Å². The van der Waals surface area contributed by atoms with Crippen LogP contribution < -0.4 is 4.90 Å². The van der Waals surface area contributed by atoms with Crippen LogP contribution in [0.1, 0.15) is 30.1 Å². The lowest BCUT2D eigenvalue weighted by molar-refractivity contribution is -0.384. The molecule has 2 aromatic carbocycles. The number of hydrogen-bond donors (Lipinski definition) is 0. The highest BCUT2D eigenvalue weighted by atomic mass is 19.4. The van der Waals surface area contributed by atoms with E-state index in [4.69, 9.17) is 0 Å². The number of amides is 1. The average Bonchev–Trinajstić information content (AvgIpc) is 3.23. The first-order valence-corrected chi connectivity index (χ1v) is 8.78. The van der Waals surface area contributed by atoms with Crippen LogP contribution in [0.15, 0.2) is 48.5 Å². The lowest BCUT2D eigenvalue weighted by Gasteiger charge is -2.30. The summed E-state index contributed by atoms with van der Waals surface area (Å²) in [6.45, 7) is 0.658. The number of carbonyl (C=O) groups is 1. The molecule has 9 heteroatoms. The Kier molecular flexibility index (Phi) is 4.34. The van der Waals surface area contributed by atoms with Crippen molar-refractivity contribution in [3.05, 3.63) is 69.8 Å². The maximum atomic E-state index is 13.0. The van der Waals surface area contributed by atoms with Crippen LogP contribution in [0.25, 0.3) is 0 Å². The van der Waals surface area contributed by atoms with E-state index in [0.717, 1.165) is 18.6 Å². The van der Waals surface area contributed by atoms with Gasteiger partial charge in [0.05, 0.1) is 16.5 Å². The van der Waals surface area contributed by atoms with Gasteiger partial charge in [-0.3, -0.25) is 24.7 Å². The van der Waals surface area contributed by atoms with Crippen molar-refractivity contribution in [1.82, 2.24) is 4.90 Å². The van der Waals surface area contributed by atoms with Crippen molar-refractivity contribution in [2.75, 3.05) is 11.4 Å². The van der Waals surface area contributed by atoms with Crippen LogP contribution in [0, 0.1) is 10.1 Å². The second-order valence-electron chi connectivity index (χ2n) is 6.87. The van der Waals surface area contributed by atoms with E-state index in [9.17, 15) is 28.1 Å². The Hall–Kier alpha value is -2.94. The van der Waals surface area contributed by atoms with Gasteiger partial charge in [-0.1, -0.05) is 12.1 Å². The third kappa shape index (κ3) is 3.01. The number of nitro groups is 1. The summed E-state index contributed by atoms with van der Waals surface area (Å²) in [5.74, 6) is -0.142. The summed E-state index contributed by atoms with van der Waals surface area (Å²) in [5.41, 5.74) is 0.210. The number of non-ortho nitro benzene ring substituents is 1. The van der Waals surface area contributed by atoms with Crippen molar-refractivity contribution in [2.45, 2.75) is 31.2 Å². The van der Waals surface area contributed by atoms with Crippen LogP contribution in [0.5, 0.6) is 0 Å². The summed E-state index contributed by atoms with van der Waals surface area (Å²) >= 11 is 0. The Morgan fingerprint density at radius 2 is 1.68 bits per heavy atom. The Balaban J connectivity index is 1.73. The smallest absolute Gasteiger partial charge is 0.291 e. The molecule has 0 unspecified atom stereocenters. The molecule has 0 spiro atoms. The fourth-order valence-electron chi connectivity index (χ4n) is 3.96. The topological polar surface area (TPSA) is 66.7 Å². The molecule has 1 amide bonds. The third-order valence-electron chi connectivity index (χ3n) is 5.25. The van der Waals surface area contributed by atoms with Crippen LogP contribution in [-0.2, 0) is 11.0 Å². The monoisotopic (exact) mass is 391 g/mol. The van der Waals surface area contributed by atoms with Gasteiger partial charge in [0.1, 0.15) is 6.17 Å². The lowest BCUT2D eigenvalue weighted by Crippen LogP contribution is -2.32. The van der Waals surface area contributed by atoms with Gasteiger partial charge in [-0.15, -0.1) is 0 Å². The minimum absolute atomic E-state index is 0.0954. The molecule has 6 nitrogen and oxygen atoms in total. The predicted octanol–water partition coefficient (Wildman–Crippen LogP) is 4.12. The minimum atomic E-state index is -4.43. The molecular formula is C19H16F3N3O3. The van der Waals surface area contributed by atoms with Gasteiger partial charge in [0.15, 0.2) is 0 Å². The van der Waals surface area contributed by atoms with Gasteiger partial charge in [-0.2, -0.15) is 13.2 Å². The van der Waals surface area contributed by atoms with Crippen LogP contribution >= 0.6 is 0 Å². The molecule has 0 aromatic heterocycles. The largest absolute Gasteiger partial charge is 0.416 e. The van der Waals surface area contributed by atoms with Gasteiger partial charge < -0.3 is 0 Å². The zero-order chi connectivity index (χ0) is 20.1. The Bertz CT molecular complexity index is 913. The number of rotatable bonds is 3. The predicted molar refractivity (Wildman–Crippen MR) is 94.5 cm³/mol. The van der Waals surface area contributed by atoms with Crippen molar-refractivity contribution in [2.24, 2.45) is 0 Å². The number of nitrogens with zero attached hydrogens (tertiary/aromatic N) is 3. The molecule has 0 bridgehead atoms. The van der Waals surface area contributed by atoms with Crippen LogP contribution in [-0.4, -0.2) is 28.3 Å². The second kappa shape index (κ2) is 6.59. The Morgan fingerprint density at radius 3 is 2.25 bits per heavy atom. The third-order valence-corrected chi connectivity index (χ3v) is 5.25. The van der Waals surface area contributed by atoms with E-state index in [0.29, 0.717) is 24.2 Å². The van der Waals surface area contributed by atoms with Crippen LogP contribution in [0.3, 0.4) is 0 Å². The highest BCUT2D eigenvalue weighted by Crippen LogP contribution is 2.43. The highest BCUT2D eigenvalue weighted by molar-refractivity contribution is 6.00. The molecule has 0 saturated carbocycles. The number of nitro benzene ring substituents is 1. The molecule has 28 heavy (non-hydrogen) atoms. The summed E-state index contributed by atoms with van der Waals surface area (Å²) < 4.78 is 38.7. The van der Waals surface area contributed by atoms with Crippen molar-refractivity contribution in [1.29, 1.82) is 0 Å².